The molecule has 0 saturated heterocycles. The van der Waals surface area contributed by atoms with Crippen molar-refractivity contribution >= 4 is 58.7 Å². The van der Waals surface area contributed by atoms with Crippen LogP contribution in [0.1, 0.15) is 0 Å². The van der Waals surface area contributed by atoms with Gasteiger partial charge < -0.3 is 14.5 Å². The van der Waals surface area contributed by atoms with Crippen LogP contribution in [0.4, 0.5) is 0 Å². The molecule has 51 heavy (non-hydrogen) atoms. The molecule has 0 spiro atoms. The van der Waals surface area contributed by atoms with E-state index in [9.17, 15) is 0 Å². The van der Waals surface area contributed by atoms with Gasteiger partial charge in [-0.2, -0.15) is 57.5 Å². The number of rotatable bonds is 7. The third kappa shape index (κ3) is 6.81. The molecular weight excluding hydrogens is 1020 g/mol. The molecular formula is C42H33N5Pt2Si2. The zero-order chi connectivity index (χ0) is 33.6. The second-order valence-electron chi connectivity index (χ2n) is 13.3. The number of hydrogen-bond acceptors (Lipinski definition) is 4. The van der Waals surface area contributed by atoms with Gasteiger partial charge in [0, 0.05) is 24.8 Å². The van der Waals surface area contributed by atoms with Crippen LogP contribution in [0.3, 0.4) is 0 Å². The molecule has 0 unspecified atom stereocenters. The Balaban J connectivity index is 0.00000224. The first kappa shape index (κ1) is 36.7. The molecule has 0 fully saturated rings. The van der Waals surface area contributed by atoms with E-state index in [1.165, 1.54) is 20.7 Å². The number of fused-ring (bicyclic) bond motifs is 3. The number of aromatic nitrogens is 5. The SMILES string of the molecule is C[Si](C)(c1[c-]c(-c2ccccn2)ccc1)c1[c-]c2c(cc1)c1ccc([Si](C)(C)c3[c-]c(-c4ccccn4)ccc3)[c-]c1n2-c1ncccn1.[Pt+2].[Pt+2]. The van der Waals surface area contributed by atoms with E-state index in [-0.39, 0.29) is 42.1 Å². The van der Waals surface area contributed by atoms with Crippen LogP contribution >= 0.6 is 0 Å². The Hall–Kier alpha value is -4.13. The summed E-state index contributed by atoms with van der Waals surface area (Å²) in [6.07, 6.45) is 7.24. The van der Waals surface area contributed by atoms with Crippen LogP contribution < -0.4 is 20.7 Å². The molecule has 8 aromatic rings. The standard InChI is InChI=1S/C42H33N5Si2.2Pt/c1-48(2,32-14-9-12-30(26-32)38-16-5-7-22-43-38)34-18-20-36-37-21-19-35(29-41(37)47(40(36)28-34)42-45-24-11-25-46-42)49(3,4)33-15-10-13-31(27-33)39-17-6-8-23-44-39;;/h5-25H,1-4H3;;/q-4;2*+2. The Morgan fingerprint density at radius 3 is 1.29 bits per heavy atom. The molecule has 0 N–H and O–H groups in total. The van der Waals surface area contributed by atoms with Crippen LogP contribution in [-0.2, 0) is 42.1 Å². The summed E-state index contributed by atoms with van der Waals surface area (Å²) in [5, 5.41) is 6.99. The molecule has 5 nitrogen and oxygen atoms in total. The molecule has 4 heterocycles. The fourth-order valence-corrected chi connectivity index (χ4v) is 10.9. The van der Waals surface area contributed by atoms with Crippen LogP contribution in [0.15, 0.2) is 128 Å². The normalized spacial score (nSPS) is 11.6. The van der Waals surface area contributed by atoms with Crippen molar-refractivity contribution in [1.82, 2.24) is 24.5 Å². The molecule has 0 aliphatic rings. The van der Waals surface area contributed by atoms with Gasteiger partial charge in [0.2, 0.25) is 5.95 Å². The molecule has 8 rings (SSSR count). The van der Waals surface area contributed by atoms with E-state index in [4.69, 9.17) is 9.97 Å². The van der Waals surface area contributed by atoms with Gasteiger partial charge in [0.05, 0.1) is 16.1 Å². The van der Waals surface area contributed by atoms with E-state index in [0.29, 0.717) is 5.95 Å². The number of hydrogen-bond donors (Lipinski definition) is 0. The third-order valence-electron chi connectivity index (χ3n) is 9.50. The number of nitrogens with zero attached hydrogens (tertiary/aromatic N) is 5. The topological polar surface area (TPSA) is 56.5 Å². The van der Waals surface area contributed by atoms with Gasteiger partial charge in [0.1, 0.15) is 0 Å². The van der Waals surface area contributed by atoms with E-state index >= 15 is 0 Å². The monoisotopic (exact) mass is 1050 g/mol. The summed E-state index contributed by atoms with van der Waals surface area (Å²) in [5.41, 5.74) is 5.77. The average Bonchev–Trinajstić information content (AvgIpc) is 3.49. The second-order valence-corrected chi connectivity index (χ2v) is 21.9. The molecule has 0 radical (unpaired) electrons. The van der Waals surface area contributed by atoms with Crippen LogP contribution in [0.2, 0.25) is 26.2 Å². The summed E-state index contributed by atoms with van der Waals surface area (Å²) < 4.78 is 2.13. The van der Waals surface area contributed by atoms with E-state index in [0.717, 1.165) is 44.3 Å². The van der Waals surface area contributed by atoms with Crippen molar-refractivity contribution in [1.29, 1.82) is 0 Å². The summed E-state index contributed by atoms with van der Waals surface area (Å²) in [7, 11) is -4.47. The van der Waals surface area contributed by atoms with E-state index in [1.807, 2.05) is 54.9 Å². The fourth-order valence-electron chi connectivity index (χ4n) is 6.50. The number of pyridine rings is 2. The second kappa shape index (κ2) is 14.8. The minimum atomic E-state index is -2.23. The molecule has 0 saturated carbocycles. The predicted molar refractivity (Wildman–Crippen MR) is 205 cm³/mol. The first-order valence-electron chi connectivity index (χ1n) is 16.4. The Morgan fingerprint density at radius 2 is 0.863 bits per heavy atom. The van der Waals surface area contributed by atoms with Crippen molar-refractivity contribution in [3.05, 3.63) is 152 Å². The molecule has 0 aliphatic carbocycles. The van der Waals surface area contributed by atoms with Crippen LogP contribution in [0.5, 0.6) is 0 Å². The van der Waals surface area contributed by atoms with Crippen molar-refractivity contribution < 1.29 is 42.1 Å². The molecule has 0 aliphatic heterocycles. The Morgan fingerprint density at radius 1 is 0.431 bits per heavy atom. The third-order valence-corrected chi connectivity index (χ3v) is 16.1. The molecule has 9 heteroatoms. The summed E-state index contributed by atoms with van der Waals surface area (Å²) in [5.74, 6) is 0.607. The maximum Gasteiger partial charge on any atom is 2.00 e. The van der Waals surface area contributed by atoms with Crippen LogP contribution in [0, 0.1) is 24.3 Å². The zero-order valence-corrected chi connectivity index (χ0v) is 35.0. The molecule has 0 bridgehead atoms. The summed E-state index contributed by atoms with van der Waals surface area (Å²) in [6.45, 7) is 9.44. The van der Waals surface area contributed by atoms with Crippen LogP contribution in [0.25, 0.3) is 50.3 Å². The van der Waals surface area contributed by atoms with Gasteiger partial charge in [-0.15, -0.1) is 70.0 Å². The smallest absolute Gasteiger partial charge is 0.328 e. The van der Waals surface area contributed by atoms with Crippen molar-refractivity contribution in [2.45, 2.75) is 26.2 Å². The summed E-state index contributed by atoms with van der Waals surface area (Å²) in [4.78, 5) is 18.6. The van der Waals surface area contributed by atoms with Gasteiger partial charge in [-0.1, -0.05) is 61.5 Å². The molecule has 0 amide bonds. The van der Waals surface area contributed by atoms with Crippen molar-refractivity contribution in [3.63, 3.8) is 0 Å². The van der Waals surface area contributed by atoms with Gasteiger partial charge >= 0.3 is 42.1 Å². The van der Waals surface area contributed by atoms with Crippen molar-refractivity contribution in [3.8, 4) is 28.5 Å². The van der Waals surface area contributed by atoms with E-state index in [2.05, 4.69) is 126 Å². The zero-order valence-electron chi connectivity index (χ0n) is 28.5. The van der Waals surface area contributed by atoms with E-state index in [1.54, 1.807) is 12.4 Å². The van der Waals surface area contributed by atoms with Gasteiger partial charge in [-0.3, -0.25) is 0 Å². The molecule has 4 aromatic carbocycles. The van der Waals surface area contributed by atoms with Gasteiger partial charge in [-0.05, 0) is 29.6 Å². The molecule has 254 valence electrons. The Kier molecular flexibility index (Phi) is 10.7. The summed E-state index contributed by atoms with van der Waals surface area (Å²) in [6, 6.07) is 50.8. The minimum Gasteiger partial charge on any atom is -0.328 e. The first-order chi connectivity index (χ1) is 23.8. The van der Waals surface area contributed by atoms with Crippen LogP contribution in [-0.4, -0.2) is 40.7 Å². The maximum absolute atomic E-state index is 4.72. The van der Waals surface area contributed by atoms with Crippen molar-refractivity contribution in [2.24, 2.45) is 0 Å². The quantitative estimate of drug-likeness (QED) is 0.135. The Bertz CT molecular complexity index is 2300. The molecule has 4 aromatic heterocycles. The van der Waals surface area contributed by atoms with E-state index < -0.39 is 16.1 Å². The maximum atomic E-state index is 4.72. The summed E-state index contributed by atoms with van der Waals surface area (Å²) >= 11 is 0. The van der Waals surface area contributed by atoms with Crippen molar-refractivity contribution in [2.75, 3.05) is 0 Å². The predicted octanol–water partition coefficient (Wildman–Crippen LogP) is 6.54. The largest absolute Gasteiger partial charge is 2.00 e. The van der Waals surface area contributed by atoms with Gasteiger partial charge in [0.25, 0.3) is 0 Å². The fraction of sp³-hybridized carbons (Fsp3) is 0.0952. The molecule has 0 atom stereocenters. The average molecular weight is 1050 g/mol. The minimum absolute atomic E-state index is 0. The number of benzene rings is 4. The van der Waals surface area contributed by atoms with Gasteiger partial charge in [-0.25, -0.2) is 9.97 Å². The Labute approximate surface area is 329 Å². The first-order valence-corrected chi connectivity index (χ1v) is 22.4. The van der Waals surface area contributed by atoms with Gasteiger partial charge in [0.15, 0.2) is 0 Å².